The summed E-state index contributed by atoms with van der Waals surface area (Å²) in [6, 6.07) is 16.4. The zero-order chi connectivity index (χ0) is 31.0. The molecule has 0 saturated heterocycles. The van der Waals surface area contributed by atoms with Crippen molar-refractivity contribution in [1.82, 2.24) is 14.3 Å². The minimum atomic E-state index is -3.94. The smallest absolute Gasteiger partial charge is 0.354 e. The number of pyridine rings is 2. The molecule has 0 aliphatic rings. The van der Waals surface area contributed by atoms with Gasteiger partial charge in [-0.25, -0.2) is 28.0 Å². The second kappa shape index (κ2) is 13.9. The highest BCUT2D eigenvalue weighted by molar-refractivity contribution is 7.89. The van der Waals surface area contributed by atoms with E-state index in [1.807, 2.05) is 37.2 Å². The van der Waals surface area contributed by atoms with Crippen molar-refractivity contribution < 1.29 is 37.7 Å². The summed E-state index contributed by atoms with van der Waals surface area (Å²) in [5.41, 5.74) is 0.689. The first kappa shape index (κ1) is 31.2. The predicted octanol–water partition coefficient (Wildman–Crippen LogP) is 4.02. The van der Waals surface area contributed by atoms with E-state index in [1.54, 1.807) is 18.2 Å². The van der Waals surface area contributed by atoms with Crippen molar-refractivity contribution in [2.24, 2.45) is 0 Å². The normalized spacial score (nSPS) is 11.4. The average molecular weight is 609 g/mol. The molecular weight excluding hydrogens is 576 g/mol. The minimum Gasteiger partial charge on any atom is -0.492 e. The Morgan fingerprint density at radius 3 is 1.72 bits per heavy atom. The number of fused-ring (bicyclic) bond motifs is 1. The molecule has 4 rings (SSSR count). The van der Waals surface area contributed by atoms with Gasteiger partial charge in [-0.2, -0.15) is 4.31 Å². The summed E-state index contributed by atoms with van der Waals surface area (Å²) in [6.07, 6.45) is 3.33. The number of aromatic nitrogens is 2. The van der Waals surface area contributed by atoms with Crippen LogP contribution in [0.25, 0.3) is 10.8 Å². The standard InChI is InChI=1S/C30H32N4O8S/c1-33(2)27-9-3-8-24-23(27)7-4-10-28(24)43(39,40)34(15-5-17-41-21-11-13-25(29(35)36)31-19-21)16-6-18-42-22-12-14-26(30(37)38)32-20-22/h3-4,7-14,19-20H,5-6,15-18H2,1-2H3,(H,35,36)(H,37,38). The Labute approximate surface area is 249 Å². The van der Waals surface area contributed by atoms with Crippen LogP contribution in [0.3, 0.4) is 0 Å². The monoisotopic (exact) mass is 608 g/mol. The van der Waals surface area contributed by atoms with Gasteiger partial charge in [-0.1, -0.05) is 24.3 Å². The lowest BCUT2D eigenvalue weighted by Crippen LogP contribution is -2.34. The lowest BCUT2D eigenvalue weighted by atomic mass is 10.1. The summed E-state index contributed by atoms with van der Waals surface area (Å²) < 4.78 is 40.9. The van der Waals surface area contributed by atoms with E-state index in [0.29, 0.717) is 29.7 Å². The number of carbonyl (C=O) groups is 2. The maximum Gasteiger partial charge on any atom is 0.354 e. The van der Waals surface area contributed by atoms with Crippen LogP contribution in [0, 0.1) is 0 Å². The second-order valence-electron chi connectivity index (χ2n) is 9.70. The number of rotatable bonds is 15. The van der Waals surface area contributed by atoms with E-state index in [1.165, 1.54) is 41.0 Å². The summed E-state index contributed by atoms with van der Waals surface area (Å²) in [4.78, 5) is 31.8. The summed E-state index contributed by atoms with van der Waals surface area (Å²) in [5.74, 6) is -1.53. The van der Waals surface area contributed by atoms with Gasteiger partial charge in [-0.05, 0) is 49.2 Å². The molecular formula is C30H32N4O8S. The van der Waals surface area contributed by atoms with Gasteiger partial charge in [0.05, 0.1) is 30.5 Å². The molecule has 0 aliphatic heterocycles. The molecule has 0 bridgehead atoms. The fourth-order valence-electron chi connectivity index (χ4n) is 4.42. The van der Waals surface area contributed by atoms with E-state index >= 15 is 0 Å². The highest BCUT2D eigenvalue weighted by Crippen LogP contribution is 2.32. The Kier molecular flexibility index (Phi) is 10.1. The molecule has 0 radical (unpaired) electrons. The third-order valence-corrected chi connectivity index (χ3v) is 8.47. The maximum atomic E-state index is 14.1. The van der Waals surface area contributed by atoms with Gasteiger partial charge in [0.1, 0.15) is 22.9 Å². The van der Waals surface area contributed by atoms with E-state index in [4.69, 9.17) is 19.7 Å². The van der Waals surface area contributed by atoms with Crippen LogP contribution in [0.15, 0.2) is 78.0 Å². The third-order valence-electron chi connectivity index (χ3n) is 6.51. The van der Waals surface area contributed by atoms with E-state index in [2.05, 4.69) is 9.97 Å². The van der Waals surface area contributed by atoms with Crippen molar-refractivity contribution in [1.29, 1.82) is 0 Å². The first-order valence-electron chi connectivity index (χ1n) is 13.4. The molecule has 0 atom stereocenters. The van der Waals surface area contributed by atoms with Crippen molar-refractivity contribution >= 4 is 38.4 Å². The minimum absolute atomic E-state index is 0.104. The number of hydrogen-bond donors (Lipinski definition) is 2. The molecule has 0 spiro atoms. The van der Waals surface area contributed by atoms with Crippen molar-refractivity contribution in [2.45, 2.75) is 17.7 Å². The van der Waals surface area contributed by atoms with E-state index in [-0.39, 0.29) is 42.6 Å². The molecule has 226 valence electrons. The Hall–Kier alpha value is -4.75. The first-order valence-corrected chi connectivity index (χ1v) is 14.9. The zero-order valence-corrected chi connectivity index (χ0v) is 24.5. The maximum absolute atomic E-state index is 14.1. The van der Waals surface area contributed by atoms with Crippen LogP contribution in [0.5, 0.6) is 11.5 Å². The molecule has 0 fully saturated rings. The highest BCUT2D eigenvalue weighted by atomic mass is 32.2. The van der Waals surface area contributed by atoms with Crippen LogP contribution in [-0.2, 0) is 10.0 Å². The number of aromatic carboxylic acids is 2. The zero-order valence-electron chi connectivity index (χ0n) is 23.7. The molecule has 4 aromatic rings. The molecule has 0 unspecified atom stereocenters. The summed E-state index contributed by atoms with van der Waals surface area (Å²) in [7, 11) is -0.141. The Morgan fingerprint density at radius 1 is 0.744 bits per heavy atom. The summed E-state index contributed by atoms with van der Waals surface area (Å²) >= 11 is 0. The Morgan fingerprint density at radius 2 is 1.26 bits per heavy atom. The molecule has 2 N–H and O–H groups in total. The molecule has 0 aliphatic carbocycles. The number of anilines is 1. The highest BCUT2D eigenvalue weighted by Gasteiger charge is 2.26. The molecule has 0 amide bonds. The van der Waals surface area contributed by atoms with Gasteiger partial charge in [0.15, 0.2) is 0 Å². The molecule has 43 heavy (non-hydrogen) atoms. The van der Waals surface area contributed by atoms with E-state index < -0.39 is 22.0 Å². The van der Waals surface area contributed by atoms with Gasteiger partial charge in [0, 0.05) is 43.6 Å². The number of sulfonamides is 1. The van der Waals surface area contributed by atoms with E-state index in [9.17, 15) is 18.0 Å². The Bertz CT molecular complexity index is 1610. The SMILES string of the molecule is CN(C)c1cccc2c(S(=O)(=O)N(CCCOc3ccc(C(=O)O)nc3)CCCOc3ccc(C(=O)O)nc3)cccc12. The fourth-order valence-corrected chi connectivity index (χ4v) is 6.14. The van der Waals surface area contributed by atoms with Gasteiger partial charge in [0.25, 0.3) is 0 Å². The van der Waals surface area contributed by atoms with Crippen molar-refractivity contribution in [3.8, 4) is 11.5 Å². The van der Waals surface area contributed by atoms with Crippen LogP contribution in [-0.4, -0.2) is 85.2 Å². The predicted molar refractivity (Wildman–Crippen MR) is 160 cm³/mol. The number of carboxylic acid groups (broad SMARTS) is 2. The number of benzene rings is 2. The third kappa shape index (κ3) is 7.76. The summed E-state index contributed by atoms with van der Waals surface area (Å²) in [5, 5.41) is 19.5. The van der Waals surface area contributed by atoms with Crippen LogP contribution >= 0.6 is 0 Å². The van der Waals surface area contributed by atoms with Gasteiger partial charge >= 0.3 is 11.9 Å². The molecule has 0 saturated carbocycles. The lowest BCUT2D eigenvalue weighted by molar-refractivity contribution is 0.0679. The van der Waals surface area contributed by atoms with Gasteiger partial charge in [-0.15, -0.1) is 0 Å². The largest absolute Gasteiger partial charge is 0.492 e. The van der Waals surface area contributed by atoms with E-state index in [0.717, 1.165) is 11.1 Å². The van der Waals surface area contributed by atoms with Gasteiger partial charge in [0.2, 0.25) is 10.0 Å². The topological polar surface area (TPSA) is 159 Å². The quantitative estimate of drug-likeness (QED) is 0.188. The fraction of sp³-hybridized carbons (Fsp3) is 0.267. The molecule has 2 aromatic carbocycles. The molecule has 2 heterocycles. The van der Waals surface area contributed by atoms with Gasteiger partial charge in [-0.3, -0.25) is 0 Å². The molecule has 2 aromatic heterocycles. The number of hydrogen-bond acceptors (Lipinski definition) is 9. The van der Waals surface area contributed by atoms with Crippen LogP contribution in [0.1, 0.15) is 33.8 Å². The van der Waals surface area contributed by atoms with Crippen LogP contribution in [0.2, 0.25) is 0 Å². The van der Waals surface area contributed by atoms with Crippen molar-refractivity contribution in [2.75, 3.05) is 45.3 Å². The van der Waals surface area contributed by atoms with Crippen molar-refractivity contribution in [3.63, 3.8) is 0 Å². The van der Waals surface area contributed by atoms with Gasteiger partial charge < -0.3 is 24.6 Å². The average Bonchev–Trinajstić information content (AvgIpc) is 2.99. The Balaban J connectivity index is 1.49. The van der Waals surface area contributed by atoms with Crippen LogP contribution in [0.4, 0.5) is 5.69 Å². The molecule has 13 heteroatoms. The van der Waals surface area contributed by atoms with Crippen LogP contribution < -0.4 is 14.4 Å². The molecule has 12 nitrogen and oxygen atoms in total. The second-order valence-corrected chi connectivity index (χ2v) is 11.6. The number of ether oxygens (including phenoxy) is 2. The lowest BCUT2D eigenvalue weighted by Gasteiger charge is -2.24. The number of nitrogens with zero attached hydrogens (tertiary/aromatic N) is 4. The summed E-state index contributed by atoms with van der Waals surface area (Å²) in [6.45, 7) is 0.667. The number of carboxylic acids is 2. The first-order chi connectivity index (χ1) is 20.6. The van der Waals surface area contributed by atoms with Crippen molar-refractivity contribution in [3.05, 3.63) is 84.4 Å².